The van der Waals surface area contributed by atoms with Crippen LogP contribution >= 0.6 is 27.3 Å². The fraction of sp³-hybridized carbons (Fsp3) is 0.409. The molecule has 2 heterocycles. The van der Waals surface area contributed by atoms with Crippen molar-refractivity contribution >= 4 is 49.1 Å². The number of carbonyl (C=O) groups excluding carboxylic acids is 1. The summed E-state index contributed by atoms with van der Waals surface area (Å²) in [4.78, 5) is 35.2. The van der Waals surface area contributed by atoms with Gasteiger partial charge in [-0.1, -0.05) is 19.1 Å². The molecule has 0 saturated heterocycles. The number of amides is 1. The largest absolute Gasteiger partial charge is 0.324 e. The Labute approximate surface area is 188 Å². The number of thiophene rings is 1. The molecule has 30 heavy (non-hydrogen) atoms. The van der Waals surface area contributed by atoms with Crippen molar-refractivity contribution in [2.24, 2.45) is 5.92 Å². The smallest absolute Gasteiger partial charge is 0.263 e. The van der Waals surface area contributed by atoms with Crippen molar-refractivity contribution in [3.63, 3.8) is 0 Å². The minimum atomic E-state index is -0.247. The summed E-state index contributed by atoms with van der Waals surface area (Å²) in [5, 5.41) is 3.60. The molecule has 1 aromatic carbocycles. The number of benzene rings is 1. The predicted molar refractivity (Wildman–Crippen MR) is 125 cm³/mol. The maximum Gasteiger partial charge on any atom is 0.263 e. The lowest BCUT2D eigenvalue weighted by atomic mass is 9.89. The Hall–Kier alpha value is -2.03. The van der Waals surface area contributed by atoms with Crippen LogP contribution in [0.15, 0.2) is 33.5 Å². The molecule has 0 saturated carbocycles. The molecule has 1 amide bonds. The first-order valence-electron chi connectivity index (χ1n) is 10.1. The third-order valence-corrected chi connectivity index (χ3v) is 7.24. The van der Waals surface area contributed by atoms with Crippen LogP contribution in [-0.4, -0.2) is 34.5 Å². The van der Waals surface area contributed by atoms with Gasteiger partial charge in [-0.3, -0.25) is 14.2 Å². The normalized spacial score (nSPS) is 16.1. The van der Waals surface area contributed by atoms with Gasteiger partial charge in [-0.25, -0.2) is 4.98 Å². The Morgan fingerprint density at radius 3 is 2.87 bits per heavy atom. The number of nitrogens with one attached hydrogen (secondary N) is 1. The maximum absolute atomic E-state index is 13.5. The van der Waals surface area contributed by atoms with Gasteiger partial charge in [0.15, 0.2) is 0 Å². The highest BCUT2D eigenvalue weighted by atomic mass is 79.9. The molecule has 0 fully saturated rings. The fourth-order valence-corrected chi connectivity index (χ4v) is 5.70. The summed E-state index contributed by atoms with van der Waals surface area (Å²) < 4.78 is 2.34. The standard InChI is InChI=1S/C22H25BrN4O2S/c1-13-8-9-14-17(10-13)30-21-20(14)22(29)27(18(25-21)11-26(2)3)12-19(28)24-16-7-5-4-6-15(16)23/h4-7,13H,8-12H2,1-3H3,(H,24,28). The van der Waals surface area contributed by atoms with Crippen molar-refractivity contribution in [3.05, 3.63) is 55.4 Å². The van der Waals surface area contributed by atoms with Crippen LogP contribution in [0.1, 0.15) is 29.6 Å². The van der Waals surface area contributed by atoms with Crippen molar-refractivity contribution in [2.75, 3.05) is 19.4 Å². The lowest BCUT2D eigenvalue weighted by Gasteiger charge is -2.18. The summed E-state index contributed by atoms with van der Waals surface area (Å²) in [5.41, 5.74) is 1.72. The Morgan fingerprint density at radius 1 is 1.37 bits per heavy atom. The van der Waals surface area contributed by atoms with Crippen LogP contribution in [0.3, 0.4) is 0 Å². The lowest BCUT2D eigenvalue weighted by Crippen LogP contribution is -2.33. The van der Waals surface area contributed by atoms with Gasteiger partial charge in [-0.05, 0) is 72.9 Å². The van der Waals surface area contributed by atoms with E-state index in [0.717, 1.165) is 34.1 Å². The molecule has 4 rings (SSSR count). The first kappa shape index (κ1) is 21.2. The third kappa shape index (κ3) is 4.22. The highest BCUT2D eigenvalue weighted by molar-refractivity contribution is 9.10. The molecule has 1 N–H and O–H groups in total. The molecule has 0 bridgehead atoms. The third-order valence-electron chi connectivity index (χ3n) is 5.40. The first-order valence-corrected chi connectivity index (χ1v) is 11.7. The summed E-state index contributed by atoms with van der Waals surface area (Å²) in [6.07, 6.45) is 2.99. The van der Waals surface area contributed by atoms with Crippen LogP contribution in [0.2, 0.25) is 0 Å². The van der Waals surface area contributed by atoms with E-state index in [1.54, 1.807) is 15.9 Å². The van der Waals surface area contributed by atoms with Gasteiger partial charge >= 0.3 is 0 Å². The van der Waals surface area contributed by atoms with Gasteiger partial charge in [0.2, 0.25) is 5.91 Å². The summed E-state index contributed by atoms with van der Waals surface area (Å²) in [6, 6.07) is 7.43. The monoisotopic (exact) mass is 488 g/mol. The van der Waals surface area contributed by atoms with Crippen molar-refractivity contribution in [1.82, 2.24) is 14.5 Å². The number of fused-ring (bicyclic) bond motifs is 3. The minimum absolute atomic E-state index is 0.0622. The molecular weight excluding hydrogens is 464 g/mol. The minimum Gasteiger partial charge on any atom is -0.324 e. The lowest BCUT2D eigenvalue weighted by molar-refractivity contribution is -0.116. The Balaban J connectivity index is 1.75. The zero-order chi connectivity index (χ0) is 21.4. The Morgan fingerprint density at radius 2 is 2.13 bits per heavy atom. The summed E-state index contributed by atoms with van der Waals surface area (Å²) in [5.74, 6) is 0.999. The second kappa shape index (κ2) is 8.61. The van der Waals surface area contributed by atoms with Gasteiger partial charge in [0.1, 0.15) is 17.2 Å². The number of halogens is 1. The van der Waals surface area contributed by atoms with Crippen molar-refractivity contribution in [1.29, 1.82) is 0 Å². The Kier molecular flexibility index (Phi) is 6.09. The SMILES string of the molecule is CC1CCc2c(sc3nc(CN(C)C)n(CC(=O)Nc4ccccc4Br)c(=O)c23)C1. The molecule has 158 valence electrons. The number of nitrogens with zero attached hydrogens (tertiary/aromatic N) is 3. The summed E-state index contributed by atoms with van der Waals surface area (Å²) in [7, 11) is 3.87. The number of anilines is 1. The average molecular weight is 489 g/mol. The van der Waals surface area contributed by atoms with Crippen LogP contribution in [-0.2, 0) is 30.7 Å². The second-order valence-electron chi connectivity index (χ2n) is 8.22. The van der Waals surface area contributed by atoms with Crippen LogP contribution in [0.4, 0.5) is 5.69 Å². The van der Waals surface area contributed by atoms with E-state index in [4.69, 9.17) is 4.98 Å². The molecular formula is C22H25BrN4O2S. The highest BCUT2D eigenvalue weighted by Gasteiger charge is 2.25. The molecule has 1 atom stereocenters. The fourth-order valence-electron chi connectivity index (χ4n) is 3.93. The highest BCUT2D eigenvalue weighted by Crippen LogP contribution is 2.35. The molecule has 0 aliphatic heterocycles. The van der Waals surface area contributed by atoms with Gasteiger partial charge in [-0.15, -0.1) is 11.3 Å². The molecule has 2 aromatic heterocycles. The van der Waals surface area contributed by atoms with Gasteiger partial charge in [-0.2, -0.15) is 0 Å². The zero-order valence-electron chi connectivity index (χ0n) is 17.4. The van der Waals surface area contributed by atoms with Crippen molar-refractivity contribution < 1.29 is 4.79 Å². The number of rotatable bonds is 5. The number of hydrogen-bond donors (Lipinski definition) is 1. The molecule has 6 nitrogen and oxygen atoms in total. The van der Waals surface area contributed by atoms with Crippen LogP contribution in [0.5, 0.6) is 0 Å². The quantitative estimate of drug-likeness (QED) is 0.588. The van der Waals surface area contributed by atoms with E-state index in [2.05, 4.69) is 28.2 Å². The molecule has 0 spiro atoms. The van der Waals surface area contributed by atoms with Gasteiger partial charge in [0, 0.05) is 9.35 Å². The maximum atomic E-state index is 13.5. The van der Waals surface area contributed by atoms with E-state index in [0.29, 0.717) is 29.4 Å². The van der Waals surface area contributed by atoms with E-state index < -0.39 is 0 Å². The molecule has 3 aromatic rings. The van der Waals surface area contributed by atoms with E-state index in [1.807, 2.05) is 43.3 Å². The number of carbonyl (C=O) groups is 1. The van der Waals surface area contributed by atoms with Gasteiger partial charge in [0.05, 0.1) is 17.6 Å². The van der Waals surface area contributed by atoms with E-state index >= 15 is 0 Å². The van der Waals surface area contributed by atoms with Gasteiger partial charge < -0.3 is 10.2 Å². The average Bonchev–Trinajstić information content (AvgIpc) is 3.03. The molecule has 1 aliphatic carbocycles. The predicted octanol–water partition coefficient (Wildman–Crippen LogP) is 4.05. The Bertz CT molecular complexity index is 1170. The van der Waals surface area contributed by atoms with Crippen LogP contribution in [0, 0.1) is 5.92 Å². The molecule has 0 radical (unpaired) electrons. The van der Waals surface area contributed by atoms with Gasteiger partial charge in [0.25, 0.3) is 5.56 Å². The second-order valence-corrected chi connectivity index (χ2v) is 10.2. The zero-order valence-corrected chi connectivity index (χ0v) is 19.8. The molecule has 8 heteroatoms. The first-order chi connectivity index (χ1) is 14.3. The summed E-state index contributed by atoms with van der Waals surface area (Å²) >= 11 is 5.09. The van der Waals surface area contributed by atoms with Crippen LogP contribution in [0.25, 0.3) is 10.2 Å². The van der Waals surface area contributed by atoms with E-state index in [-0.39, 0.29) is 18.0 Å². The van der Waals surface area contributed by atoms with Crippen LogP contribution < -0.4 is 10.9 Å². The number of aromatic nitrogens is 2. The number of para-hydroxylation sites is 1. The van der Waals surface area contributed by atoms with Crippen molar-refractivity contribution in [2.45, 2.75) is 39.3 Å². The molecule has 1 unspecified atom stereocenters. The number of hydrogen-bond acceptors (Lipinski definition) is 5. The van der Waals surface area contributed by atoms with Crippen molar-refractivity contribution in [3.8, 4) is 0 Å². The summed E-state index contributed by atoms with van der Waals surface area (Å²) in [6.45, 7) is 2.68. The number of aryl methyl sites for hydroxylation is 1. The topological polar surface area (TPSA) is 67.2 Å². The molecule has 1 aliphatic rings. The van der Waals surface area contributed by atoms with E-state index in [9.17, 15) is 9.59 Å². The van der Waals surface area contributed by atoms with E-state index in [1.165, 1.54) is 4.88 Å².